The van der Waals surface area contributed by atoms with E-state index in [1.165, 1.54) is 12.7 Å². The van der Waals surface area contributed by atoms with E-state index in [1.54, 1.807) is 23.0 Å². The van der Waals surface area contributed by atoms with Crippen LogP contribution < -0.4 is 10.9 Å². The number of halogens is 1. The minimum Gasteiger partial charge on any atom is -0.307 e. The number of fused-ring (bicyclic) bond motifs is 2. The molecule has 0 saturated carbocycles. The Bertz CT molecular complexity index is 1100. The van der Waals surface area contributed by atoms with Crippen LogP contribution >= 0.6 is 11.6 Å². The van der Waals surface area contributed by atoms with Gasteiger partial charge in [0.25, 0.3) is 5.56 Å². The van der Waals surface area contributed by atoms with Gasteiger partial charge in [0, 0.05) is 12.4 Å². The van der Waals surface area contributed by atoms with E-state index in [2.05, 4.69) is 35.3 Å². The van der Waals surface area contributed by atoms with Crippen molar-refractivity contribution in [2.24, 2.45) is 0 Å². The molecule has 4 aromatic rings. The number of nitrogens with zero attached hydrogens (tertiary/aromatic N) is 6. The Hall–Kier alpha value is -2.91. The highest BCUT2D eigenvalue weighted by atomic mass is 35.5. The summed E-state index contributed by atoms with van der Waals surface area (Å²) >= 11 is 5.73. The predicted octanol–water partition coefficient (Wildman–Crippen LogP) is 1.52. The van der Waals surface area contributed by atoms with Crippen LogP contribution in [-0.2, 0) is 0 Å². The van der Waals surface area contributed by atoms with Crippen LogP contribution in [-0.4, -0.2) is 41.1 Å². The number of hydrogen-bond donors (Lipinski definition) is 2. The van der Waals surface area contributed by atoms with Crippen LogP contribution in [0.2, 0.25) is 5.15 Å². The first-order valence-electron chi connectivity index (χ1n) is 8.09. The molecular weight excluding hydrogens is 356 g/mol. The average molecular weight is 371 g/mol. The van der Waals surface area contributed by atoms with Gasteiger partial charge in [-0.05, 0) is 31.5 Å². The Balaban J connectivity index is 0.000000136. The van der Waals surface area contributed by atoms with E-state index in [9.17, 15) is 4.79 Å². The van der Waals surface area contributed by atoms with Crippen LogP contribution in [0, 0.1) is 0 Å². The molecule has 1 aliphatic rings. The van der Waals surface area contributed by atoms with Gasteiger partial charge in [-0.15, -0.1) is 0 Å². The lowest BCUT2D eigenvalue weighted by Gasteiger charge is -2.08. The van der Waals surface area contributed by atoms with Crippen LogP contribution in [0.5, 0.6) is 0 Å². The fraction of sp³-hybridized carbons (Fsp3) is 0.250. The molecule has 1 fully saturated rings. The van der Waals surface area contributed by atoms with Crippen LogP contribution in [0.3, 0.4) is 0 Å². The van der Waals surface area contributed by atoms with E-state index in [0.29, 0.717) is 21.7 Å². The molecule has 1 saturated heterocycles. The summed E-state index contributed by atoms with van der Waals surface area (Å²) in [6, 6.07) is 3.78. The molecule has 1 aliphatic heterocycles. The van der Waals surface area contributed by atoms with Crippen molar-refractivity contribution in [1.82, 2.24) is 39.9 Å². The maximum Gasteiger partial charge on any atom is 0.275 e. The van der Waals surface area contributed by atoms with Crippen LogP contribution in [0.15, 0.2) is 42.0 Å². The molecule has 26 heavy (non-hydrogen) atoms. The maximum absolute atomic E-state index is 11.7. The first kappa shape index (κ1) is 16.6. The summed E-state index contributed by atoms with van der Waals surface area (Å²) in [5.74, 6) is 0.737. The molecule has 132 valence electrons. The van der Waals surface area contributed by atoms with Gasteiger partial charge in [-0.25, -0.2) is 24.5 Å². The second-order valence-electron chi connectivity index (χ2n) is 5.75. The number of nitrogens with one attached hydrogen (secondary N) is 2. The van der Waals surface area contributed by atoms with E-state index < -0.39 is 0 Å². The third kappa shape index (κ3) is 3.26. The molecular formula is C16H15ClN8O. The summed E-state index contributed by atoms with van der Waals surface area (Å²) in [6.45, 7) is 0.998. The minimum absolute atomic E-state index is 0.0706. The number of H-pyrrole nitrogens is 1. The van der Waals surface area contributed by atoms with Gasteiger partial charge in [0.1, 0.15) is 29.1 Å². The molecule has 0 aliphatic carbocycles. The Labute approximate surface area is 152 Å². The predicted molar refractivity (Wildman–Crippen MR) is 95.9 cm³/mol. The van der Waals surface area contributed by atoms with Crippen molar-refractivity contribution >= 4 is 28.2 Å². The zero-order valence-corrected chi connectivity index (χ0v) is 14.4. The van der Waals surface area contributed by atoms with Gasteiger partial charge in [-0.2, -0.15) is 5.10 Å². The summed E-state index contributed by atoms with van der Waals surface area (Å²) in [5, 5.41) is 8.75. The monoisotopic (exact) mass is 370 g/mol. The third-order valence-corrected chi connectivity index (χ3v) is 4.37. The largest absolute Gasteiger partial charge is 0.307 e. The van der Waals surface area contributed by atoms with Crippen molar-refractivity contribution in [2.45, 2.75) is 18.9 Å². The SMILES string of the molecule is Clc1ncnc2ncncc12.O=c1[nH]c(C2CCCN2)nn2cccc12. The molecule has 10 heteroatoms. The average Bonchev–Trinajstić information content (AvgIpc) is 3.35. The quantitative estimate of drug-likeness (QED) is 0.488. The molecule has 1 atom stereocenters. The molecule has 0 bridgehead atoms. The van der Waals surface area contributed by atoms with Crippen molar-refractivity contribution in [3.05, 3.63) is 58.5 Å². The molecule has 0 aromatic carbocycles. The minimum atomic E-state index is -0.0706. The summed E-state index contributed by atoms with van der Waals surface area (Å²) < 4.78 is 1.63. The number of aromatic amines is 1. The molecule has 0 radical (unpaired) electrons. The van der Waals surface area contributed by atoms with E-state index >= 15 is 0 Å². The normalized spacial score (nSPS) is 16.6. The Kier molecular flexibility index (Phi) is 4.55. The van der Waals surface area contributed by atoms with E-state index in [4.69, 9.17) is 11.6 Å². The fourth-order valence-corrected chi connectivity index (χ4v) is 2.99. The van der Waals surface area contributed by atoms with E-state index in [0.717, 1.165) is 25.2 Å². The van der Waals surface area contributed by atoms with E-state index in [1.807, 2.05) is 6.07 Å². The summed E-state index contributed by atoms with van der Waals surface area (Å²) in [4.78, 5) is 29.9. The van der Waals surface area contributed by atoms with Crippen molar-refractivity contribution in [1.29, 1.82) is 0 Å². The highest BCUT2D eigenvalue weighted by Gasteiger charge is 2.19. The van der Waals surface area contributed by atoms with Crippen LogP contribution in [0.25, 0.3) is 16.6 Å². The van der Waals surface area contributed by atoms with Gasteiger partial charge < -0.3 is 10.3 Å². The van der Waals surface area contributed by atoms with Crippen molar-refractivity contribution in [2.75, 3.05) is 6.54 Å². The second kappa shape index (κ2) is 7.14. The Morgan fingerprint density at radius 3 is 2.92 bits per heavy atom. The molecule has 5 heterocycles. The van der Waals surface area contributed by atoms with Crippen LogP contribution in [0.4, 0.5) is 0 Å². The van der Waals surface area contributed by atoms with Gasteiger partial charge in [-0.3, -0.25) is 4.79 Å². The molecule has 2 N–H and O–H groups in total. The maximum atomic E-state index is 11.7. The molecule has 4 aromatic heterocycles. The number of rotatable bonds is 1. The van der Waals surface area contributed by atoms with Crippen molar-refractivity contribution in [3.63, 3.8) is 0 Å². The molecule has 5 rings (SSSR count). The smallest absolute Gasteiger partial charge is 0.275 e. The van der Waals surface area contributed by atoms with Crippen LogP contribution in [0.1, 0.15) is 24.7 Å². The molecule has 0 spiro atoms. The van der Waals surface area contributed by atoms with Gasteiger partial charge in [0.2, 0.25) is 0 Å². The first-order chi connectivity index (χ1) is 12.7. The standard InChI is InChI=1S/C10H12N4O.C6H3ClN4/c15-10-8-4-2-6-14(8)13-9(12-10)7-3-1-5-11-7;7-5-4-1-8-2-10-6(4)11-3-9-5/h2,4,6-7,11H,1,3,5H2,(H,12,13,15);1-3H. The zero-order valence-electron chi connectivity index (χ0n) is 13.6. The van der Waals surface area contributed by atoms with Crippen molar-refractivity contribution < 1.29 is 0 Å². The summed E-state index contributed by atoms with van der Waals surface area (Å²) in [7, 11) is 0. The van der Waals surface area contributed by atoms with Gasteiger partial charge in [0.05, 0.1) is 11.4 Å². The number of aromatic nitrogens is 7. The molecule has 9 nitrogen and oxygen atoms in total. The topological polar surface area (TPSA) is 114 Å². The fourth-order valence-electron chi connectivity index (χ4n) is 2.81. The highest BCUT2D eigenvalue weighted by molar-refractivity contribution is 6.33. The molecule has 1 unspecified atom stereocenters. The number of hydrogen-bond acceptors (Lipinski definition) is 7. The molecule has 0 amide bonds. The lowest BCUT2D eigenvalue weighted by atomic mass is 10.2. The summed E-state index contributed by atoms with van der Waals surface area (Å²) in [6.07, 6.45) is 8.35. The van der Waals surface area contributed by atoms with Gasteiger partial charge >= 0.3 is 0 Å². The Morgan fingerprint density at radius 1 is 1.23 bits per heavy atom. The van der Waals surface area contributed by atoms with Gasteiger partial charge in [0.15, 0.2) is 5.65 Å². The first-order valence-corrected chi connectivity index (χ1v) is 8.47. The van der Waals surface area contributed by atoms with Gasteiger partial charge in [-0.1, -0.05) is 11.6 Å². The second-order valence-corrected chi connectivity index (χ2v) is 6.11. The lowest BCUT2D eigenvalue weighted by Crippen LogP contribution is -2.22. The third-order valence-electron chi connectivity index (χ3n) is 4.07. The lowest BCUT2D eigenvalue weighted by molar-refractivity contribution is 0.583. The summed E-state index contributed by atoms with van der Waals surface area (Å²) in [5.41, 5.74) is 1.09. The highest BCUT2D eigenvalue weighted by Crippen LogP contribution is 2.18. The van der Waals surface area contributed by atoms with Crippen molar-refractivity contribution in [3.8, 4) is 0 Å². The van der Waals surface area contributed by atoms with E-state index in [-0.39, 0.29) is 11.6 Å². The zero-order chi connectivity index (χ0) is 17.9. The Morgan fingerprint density at radius 2 is 2.12 bits per heavy atom.